The van der Waals surface area contributed by atoms with Crippen LogP contribution in [0.25, 0.3) is 0 Å². The van der Waals surface area contributed by atoms with Crippen LogP contribution in [0.15, 0.2) is 0 Å². The van der Waals surface area contributed by atoms with E-state index in [1.807, 2.05) is 0 Å². The maximum Gasteiger partial charge on any atom is 0.339 e. The second-order valence-electron chi connectivity index (χ2n) is 6.18. The normalized spacial score (nSPS) is 14.0. The molecule has 0 radical (unpaired) electrons. The first-order chi connectivity index (χ1) is 10.6. The Bertz CT molecular complexity index is 268. The van der Waals surface area contributed by atoms with Gasteiger partial charge in [-0.05, 0) is 25.7 Å². The summed E-state index contributed by atoms with van der Waals surface area (Å²) in [5.41, 5.74) is -1.16. The van der Waals surface area contributed by atoms with Gasteiger partial charge in [0, 0.05) is 0 Å². The fraction of sp³-hybridized carbons (Fsp3) is 0.944. The van der Waals surface area contributed by atoms with Gasteiger partial charge in [0.1, 0.15) is 0 Å². The quantitative estimate of drug-likeness (QED) is 0.232. The molecule has 0 aromatic heterocycles. The van der Waals surface area contributed by atoms with E-state index in [4.69, 9.17) is 9.78 Å². The smallest absolute Gasteiger partial charge is 0.339 e. The standard InChI is InChI=1S/C18H36O4/c1-4-7-10-11-12-13-15-18(17(19)20,14-8-5-2)22-21-16-9-6-3/h4-16H2,1-3H3,(H,19,20). The summed E-state index contributed by atoms with van der Waals surface area (Å²) in [6.07, 6.45) is 11.6. The molecule has 0 aromatic carbocycles. The highest BCUT2D eigenvalue weighted by Crippen LogP contribution is 2.27. The lowest BCUT2D eigenvalue weighted by Gasteiger charge is -2.28. The fourth-order valence-corrected chi connectivity index (χ4v) is 2.47. The van der Waals surface area contributed by atoms with Crippen LogP contribution in [-0.2, 0) is 14.6 Å². The highest BCUT2D eigenvalue weighted by atomic mass is 17.2. The molecule has 0 heterocycles. The lowest BCUT2D eigenvalue weighted by molar-refractivity contribution is -0.357. The topological polar surface area (TPSA) is 55.8 Å². The molecule has 0 saturated carbocycles. The molecule has 1 unspecified atom stereocenters. The summed E-state index contributed by atoms with van der Waals surface area (Å²) in [5.74, 6) is -0.883. The molecule has 0 aromatic rings. The van der Waals surface area contributed by atoms with Crippen molar-refractivity contribution >= 4 is 5.97 Å². The van der Waals surface area contributed by atoms with E-state index in [2.05, 4.69) is 20.8 Å². The Morgan fingerprint density at radius 2 is 1.36 bits per heavy atom. The number of hydrogen-bond donors (Lipinski definition) is 1. The minimum atomic E-state index is -1.16. The molecule has 1 atom stereocenters. The number of hydrogen-bond acceptors (Lipinski definition) is 3. The van der Waals surface area contributed by atoms with E-state index >= 15 is 0 Å². The Labute approximate surface area is 136 Å². The van der Waals surface area contributed by atoms with Crippen LogP contribution in [0, 0.1) is 0 Å². The number of unbranched alkanes of at least 4 members (excludes halogenated alkanes) is 7. The van der Waals surface area contributed by atoms with E-state index in [9.17, 15) is 9.90 Å². The van der Waals surface area contributed by atoms with E-state index in [0.717, 1.165) is 38.5 Å². The van der Waals surface area contributed by atoms with Crippen LogP contribution >= 0.6 is 0 Å². The van der Waals surface area contributed by atoms with Crippen molar-refractivity contribution in [3.63, 3.8) is 0 Å². The number of rotatable bonds is 16. The third-order valence-corrected chi connectivity index (χ3v) is 4.06. The number of carbonyl (C=O) groups is 1. The van der Waals surface area contributed by atoms with Gasteiger partial charge in [0.2, 0.25) is 0 Å². The molecular weight excluding hydrogens is 280 g/mol. The molecule has 0 saturated heterocycles. The van der Waals surface area contributed by atoms with Gasteiger partial charge in [-0.2, -0.15) is 0 Å². The first-order valence-corrected chi connectivity index (χ1v) is 9.17. The Kier molecular flexibility index (Phi) is 13.6. The van der Waals surface area contributed by atoms with Gasteiger partial charge in [0.25, 0.3) is 0 Å². The third-order valence-electron chi connectivity index (χ3n) is 4.06. The molecule has 4 nitrogen and oxygen atoms in total. The summed E-state index contributed by atoms with van der Waals surface area (Å²) >= 11 is 0. The summed E-state index contributed by atoms with van der Waals surface area (Å²) in [6.45, 7) is 6.80. The molecule has 0 aliphatic rings. The van der Waals surface area contributed by atoms with Crippen molar-refractivity contribution in [2.24, 2.45) is 0 Å². The zero-order valence-electron chi connectivity index (χ0n) is 14.9. The molecule has 0 amide bonds. The zero-order chi connectivity index (χ0) is 16.7. The van der Waals surface area contributed by atoms with Gasteiger partial charge in [-0.1, -0.05) is 72.1 Å². The molecule has 0 fully saturated rings. The molecule has 4 heteroatoms. The number of carboxylic acid groups (broad SMARTS) is 1. The van der Waals surface area contributed by atoms with E-state index in [1.165, 1.54) is 25.7 Å². The van der Waals surface area contributed by atoms with Crippen molar-refractivity contribution in [1.29, 1.82) is 0 Å². The Morgan fingerprint density at radius 3 is 1.95 bits per heavy atom. The second-order valence-corrected chi connectivity index (χ2v) is 6.18. The van der Waals surface area contributed by atoms with Gasteiger partial charge in [-0.3, -0.25) is 0 Å². The van der Waals surface area contributed by atoms with Crippen molar-refractivity contribution in [1.82, 2.24) is 0 Å². The minimum Gasteiger partial charge on any atom is -0.479 e. The van der Waals surface area contributed by atoms with Crippen molar-refractivity contribution in [2.75, 3.05) is 6.61 Å². The lowest BCUT2D eigenvalue weighted by Crippen LogP contribution is -2.42. The SMILES string of the molecule is CCCCCCCCC(CCCC)(OOCCCC)C(=O)O. The number of aliphatic carboxylic acids is 1. The fourth-order valence-electron chi connectivity index (χ4n) is 2.47. The summed E-state index contributed by atoms with van der Waals surface area (Å²) in [6, 6.07) is 0. The van der Waals surface area contributed by atoms with Crippen LogP contribution < -0.4 is 0 Å². The molecule has 1 N–H and O–H groups in total. The lowest BCUT2D eigenvalue weighted by atomic mass is 9.90. The second kappa shape index (κ2) is 14.0. The van der Waals surface area contributed by atoms with Crippen LogP contribution in [0.5, 0.6) is 0 Å². The predicted octanol–water partition coefficient (Wildman–Crippen LogP) is 5.50. The third kappa shape index (κ3) is 9.42. The predicted molar refractivity (Wildman–Crippen MR) is 89.8 cm³/mol. The highest BCUT2D eigenvalue weighted by Gasteiger charge is 2.40. The van der Waals surface area contributed by atoms with Crippen LogP contribution in [0.4, 0.5) is 0 Å². The van der Waals surface area contributed by atoms with Gasteiger partial charge in [-0.15, -0.1) is 0 Å². The maximum atomic E-state index is 11.8. The Balaban J connectivity index is 4.36. The van der Waals surface area contributed by atoms with E-state index in [0.29, 0.717) is 19.4 Å². The molecule has 0 spiro atoms. The van der Waals surface area contributed by atoms with Crippen molar-refractivity contribution in [3.05, 3.63) is 0 Å². The summed E-state index contributed by atoms with van der Waals surface area (Å²) in [4.78, 5) is 22.4. The largest absolute Gasteiger partial charge is 0.479 e. The van der Waals surface area contributed by atoms with Gasteiger partial charge in [0.05, 0.1) is 6.61 Å². The maximum absolute atomic E-state index is 11.8. The van der Waals surface area contributed by atoms with Crippen LogP contribution in [0.2, 0.25) is 0 Å². The summed E-state index contributed by atoms with van der Waals surface area (Å²) < 4.78 is 0. The average molecular weight is 316 g/mol. The monoisotopic (exact) mass is 316 g/mol. The molecule has 22 heavy (non-hydrogen) atoms. The first-order valence-electron chi connectivity index (χ1n) is 9.17. The molecule has 0 aliphatic heterocycles. The average Bonchev–Trinajstić information content (AvgIpc) is 2.51. The van der Waals surface area contributed by atoms with Crippen LogP contribution in [-0.4, -0.2) is 23.3 Å². The first kappa shape index (κ1) is 21.4. The van der Waals surface area contributed by atoms with Gasteiger partial charge in [-0.25, -0.2) is 14.6 Å². The van der Waals surface area contributed by atoms with Crippen LogP contribution in [0.1, 0.15) is 97.8 Å². The summed E-state index contributed by atoms with van der Waals surface area (Å²) in [5, 5.41) is 9.64. The van der Waals surface area contributed by atoms with Crippen LogP contribution in [0.3, 0.4) is 0 Å². The highest BCUT2D eigenvalue weighted by molar-refractivity contribution is 5.77. The Morgan fingerprint density at radius 1 is 0.818 bits per heavy atom. The van der Waals surface area contributed by atoms with Crippen molar-refractivity contribution in [3.8, 4) is 0 Å². The zero-order valence-corrected chi connectivity index (χ0v) is 14.9. The van der Waals surface area contributed by atoms with E-state index < -0.39 is 11.6 Å². The molecule has 0 rings (SSSR count). The van der Waals surface area contributed by atoms with E-state index in [-0.39, 0.29) is 0 Å². The van der Waals surface area contributed by atoms with Crippen molar-refractivity contribution < 1.29 is 19.7 Å². The van der Waals surface area contributed by atoms with Gasteiger partial charge >= 0.3 is 5.97 Å². The summed E-state index contributed by atoms with van der Waals surface area (Å²) in [7, 11) is 0. The molecule has 132 valence electrons. The van der Waals surface area contributed by atoms with Crippen molar-refractivity contribution in [2.45, 2.75) is 103 Å². The minimum absolute atomic E-state index is 0.466. The van der Waals surface area contributed by atoms with Gasteiger partial charge < -0.3 is 5.11 Å². The van der Waals surface area contributed by atoms with Gasteiger partial charge in [0.15, 0.2) is 5.60 Å². The Hall–Kier alpha value is -0.610. The number of carboxylic acids is 1. The van der Waals surface area contributed by atoms with E-state index in [1.54, 1.807) is 0 Å². The molecule has 0 aliphatic carbocycles. The molecular formula is C18H36O4. The molecule has 0 bridgehead atoms.